The van der Waals surface area contributed by atoms with Crippen LogP contribution in [-0.2, 0) is 16.2 Å². The van der Waals surface area contributed by atoms with Crippen LogP contribution >= 0.6 is 0 Å². The van der Waals surface area contributed by atoms with Crippen LogP contribution in [0.2, 0.25) is 25.7 Å². The van der Waals surface area contributed by atoms with Crippen LogP contribution in [0.15, 0.2) is 73.1 Å². The third-order valence-electron chi connectivity index (χ3n) is 12.4. The van der Waals surface area contributed by atoms with Gasteiger partial charge >= 0.3 is 6.09 Å². The van der Waals surface area contributed by atoms with Crippen molar-refractivity contribution in [3.8, 4) is 22.5 Å². The highest BCUT2D eigenvalue weighted by atomic mass is 28.3. The number of pyridine rings is 2. The Kier molecular flexibility index (Phi) is 11.1. The van der Waals surface area contributed by atoms with Gasteiger partial charge in [-0.1, -0.05) is 19.6 Å². The van der Waals surface area contributed by atoms with Crippen LogP contribution in [0.25, 0.3) is 44.3 Å². The van der Waals surface area contributed by atoms with Gasteiger partial charge in [0.25, 0.3) is 11.4 Å². The first-order valence-corrected chi connectivity index (χ1v) is 25.5. The molecule has 20 heteroatoms. The van der Waals surface area contributed by atoms with Gasteiger partial charge in [-0.3, -0.25) is 25.3 Å². The Labute approximate surface area is 376 Å². The topological polar surface area (TPSA) is 216 Å². The molecule has 19 nitrogen and oxygen atoms in total. The summed E-state index contributed by atoms with van der Waals surface area (Å²) < 4.78 is 13.2. The third-order valence-corrected chi connectivity index (χ3v) is 14.1. The van der Waals surface area contributed by atoms with E-state index in [0.717, 1.165) is 84.5 Å². The van der Waals surface area contributed by atoms with Gasteiger partial charge in [0.15, 0.2) is 0 Å². The number of ether oxygens (including phenoxy) is 2. The van der Waals surface area contributed by atoms with E-state index in [9.17, 15) is 25.0 Å². The van der Waals surface area contributed by atoms with Crippen molar-refractivity contribution >= 4 is 59.0 Å². The van der Waals surface area contributed by atoms with Crippen LogP contribution in [0, 0.1) is 31.1 Å². The molecular weight excluding hydrogens is 849 g/mol. The lowest BCUT2D eigenvalue weighted by molar-refractivity contribution is -0.384. The number of hydrogen-bond acceptors (Lipinski definition) is 14. The number of nitro groups is 2. The number of likely N-dealkylation sites (tertiary alicyclic amines) is 1. The van der Waals surface area contributed by atoms with E-state index in [1.165, 1.54) is 12.1 Å². The van der Waals surface area contributed by atoms with Crippen LogP contribution < -0.4 is 15.1 Å². The van der Waals surface area contributed by atoms with E-state index < -0.39 is 13.7 Å². The summed E-state index contributed by atoms with van der Waals surface area (Å²) in [6.45, 7) is 20.6. The second kappa shape index (κ2) is 16.5. The number of amides is 1. The van der Waals surface area contributed by atoms with Crippen molar-refractivity contribution < 1.29 is 24.1 Å². The van der Waals surface area contributed by atoms with Gasteiger partial charge < -0.3 is 29.5 Å². The standard InChI is InChI=1S/C28H38N6O5Si.C17H16N6O2/c1-27(2,3)39-26(35)32-17-28(18-32)15-31(16-28)24-13-20(9-10-29-24)25-22-14-21(34(36)37)7-8-23(22)33(30-25)19-38-11-12-40(4,5)6;24-23(25)12-1-2-14-13(6-12)16(21-20-14)11-3-4-19-15(5-11)22-9-17(10-22)7-18-8-17/h7-10,13-14H,11-12,15-19H2,1-6H3;1-6,18H,7-10H2,(H,20,21). The molecule has 2 spiro atoms. The number of nitrogens with one attached hydrogen (secondary N) is 2. The number of benzene rings is 2. The predicted molar refractivity (Wildman–Crippen MR) is 250 cm³/mol. The molecular formula is C45H54N12O7Si. The zero-order valence-corrected chi connectivity index (χ0v) is 38.5. The molecule has 0 radical (unpaired) electrons. The fraction of sp³-hybridized carbons (Fsp3) is 0.444. The molecule has 4 aliphatic rings. The zero-order chi connectivity index (χ0) is 45.9. The summed E-state index contributed by atoms with van der Waals surface area (Å²) in [5, 5.41) is 39.5. The highest BCUT2D eigenvalue weighted by molar-refractivity contribution is 6.76. The maximum absolute atomic E-state index is 12.3. The molecule has 0 atom stereocenters. The Balaban J connectivity index is 0.000000181. The SMILES string of the molecule is CC(C)(C)OC(=O)N1CC2(C1)CN(c1cc(-c3nn(COCC[Si](C)(C)C)c4ccc([N+](=O)[O-])cc34)ccn1)C2.O=[N+]([O-])c1ccc2[nH]nc(-c3ccnc(N4CC5(CNC5)C4)c3)c2c1. The van der Waals surface area contributed by atoms with Crippen LogP contribution in [0.1, 0.15) is 20.8 Å². The fourth-order valence-corrected chi connectivity index (χ4v) is 9.66. The number of carbonyl (C=O) groups excluding carboxylic acids is 1. The van der Waals surface area contributed by atoms with Gasteiger partial charge in [0.05, 0.1) is 20.9 Å². The third kappa shape index (κ3) is 9.10. The molecule has 8 heterocycles. The number of rotatable bonds is 11. The normalized spacial score (nSPS) is 17.2. The molecule has 4 aliphatic heterocycles. The minimum Gasteiger partial charge on any atom is -0.444 e. The van der Waals surface area contributed by atoms with E-state index in [1.807, 2.05) is 45.0 Å². The second-order valence-electron chi connectivity index (χ2n) is 20.2. The van der Waals surface area contributed by atoms with Crippen molar-refractivity contribution in [2.45, 2.75) is 58.8 Å². The van der Waals surface area contributed by atoms with E-state index in [4.69, 9.17) is 14.6 Å². The molecule has 0 saturated carbocycles. The maximum atomic E-state index is 12.3. The molecule has 65 heavy (non-hydrogen) atoms. The summed E-state index contributed by atoms with van der Waals surface area (Å²) in [4.78, 5) is 49.4. The van der Waals surface area contributed by atoms with E-state index >= 15 is 0 Å². The first-order chi connectivity index (χ1) is 30.9. The average Bonchev–Trinajstić information content (AvgIpc) is 3.78. The van der Waals surface area contributed by atoms with E-state index in [1.54, 1.807) is 46.2 Å². The van der Waals surface area contributed by atoms with Crippen molar-refractivity contribution in [1.29, 1.82) is 0 Å². The first-order valence-electron chi connectivity index (χ1n) is 21.8. The van der Waals surface area contributed by atoms with Crippen LogP contribution in [-0.4, -0.2) is 123 Å². The summed E-state index contributed by atoms with van der Waals surface area (Å²) >= 11 is 0. The average molecular weight is 903 g/mol. The van der Waals surface area contributed by atoms with Crippen LogP contribution in [0.4, 0.5) is 27.8 Å². The number of anilines is 2. The molecule has 2 N–H and O–H groups in total. The number of fused-ring (bicyclic) bond motifs is 2. The lowest BCUT2D eigenvalue weighted by Gasteiger charge is -2.60. The minimum absolute atomic E-state index is 0.0199. The molecule has 1 amide bonds. The van der Waals surface area contributed by atoms with Crippen molar-refractivity contribution in [3.63, 3.8) is 0 Å². The molecule has 4 fully saturated rings. The fourth-order valence-electron chi connectivity index (χ4n) is 8.91. The summed E-state index contributed by atoms with van der Waals surface area (Å²) in [6.07, 6.45) is 3.25. The molecule has 0 aliphatic carbocycles. The van der Waals surface area contributed by atoms with Crippen LogP contribution in [0.3, 0.4) is 0 Å². The molecule has 340 valence electrons. The van der Waals surface area contributed by atoms with E-state index in [-0.39, 0.29) is 39.5 Å². The smallest absolute Gasteiger partial charge is 0.410 e. The van der Waals surface area contributed by atoms with Crippen molar-refractivity contribution in [2.24, 2.45) is 10.8 Å². The highest BCUT2D eigenvalue weighted by Crippen LogP contribution is 2.43. The van der Waals surface area contributed by atoms with Crippen LogP contribution in [0.5, 0.6) is 0 Å². The number of H-pyrrole nitrogens is 1. The number of nitrogens with zero attached hydrogens (tertiary/aromatic N) is 10. The number of nitro benzene ring substituents is 2. The molecule has 0 bridgehead atoms. The van der Waals surface area contributed by atoms with Gasteiger partial charge in [0.1, 0.15) is 35.4 Å². The molecule has 10 rings (SSSR count). The van der Waals surface area contributed by atoms with Gasteiger partial charge in [-0.15, -0.1) is 0 Å². The highest BCUT2D eigenvalue weighted by Gasteiger charge is 2.54. The van der Waals surface area contributed by atoms with Gasteiger partial charge in [0, 0.05) is 136 Å². The lowest BCUT2D eigenvalue weighted by Crippen LogP contribution is -2.73. The summed E-state index contributed by atoms with van der Waals surface area (Å²) in [5.41, 5.74) is 4.74. The number of aromatic amines is 1. The predicted octanol–water partition coefficient (Wildman–Crippen LogP) is 7.32. The summed E-state index contributed by atoms with van der Waals surface area (Å²) in [7, 11) is -1.23. The number of hydrogen-bond donors (Lipinski definition) is 2. The largest absolute Gasteiger partial charge is 0.444 e. The zero-order valence-electron chi connectivity index (χ0n) is 37.5. The molecule has 2 aromatic carbocycles. The molecule has 4 aromatic heterocycles. The minimum atomic E-state index is -1.23. The Morgan fingerprint density at radius 2 is 1.37 bits per heavy atom. The van der Waals surface area contributed by atoms with Crippen molar-refractivity contribution in [1.82, 2.24) is 40.2 Å². The van der Waals surface area contributed by atoms with E-state index in [2.05, 4.69) is 54.9 Å². The summed E-state index contributed by atoms with van der Waals surface area (Å²) in [5.74, 6) is 1.75. The molecule has 4 saturated heterocycles. The van der Waals surface area contributed by atoms with Crippen molar-refractivity contribution in [3.05, 3.63) is 93.3 Å². The Morgan fingerprint density at radius 1 is 0.785 bits per heavy atom. The quantitative estimate of drug-likeness (QED) is 0.0564. The van der Waals surface area contributed by atoms with Gasteiger partial charge in [-0.25, -0.2) is 19.4 Å². The monoisotopic (exact) mass is 902 g/mol. The van der Waals surface area contributed by atoms with Gasteiger partial charge in [-0.2, -0.15) is 10.2 Å². The lowest BCUT2D eigenvalue weighted by atomic mass is 9.73. The Bertz CT molecular complexity index is 2790. The van der Waals surface area contributed by atoms with Gasteiger partial charge in [-0.05, 0) is 63.2 Å². The number of carbonyl (C=O) groups is 1. The Morgan fingerprint density at radius 3 is 1.94 bits per heavy atom. The van der Waals surface area contributed by atoms with Gasteiger partial charge in [0.2, 0.25) is 0 Å². The Hall–Kier alpha value is -6.51. The number of non-ortho nitro benzene ring substituents is 2. The maximum Gasteiger partial charge on any atom is 0.410 e. The summed E-state index contributed by atoms with van der Waals surface area (Å²) in [6, 6.07) is 18.3. The molecule has 6 aromatic rings. The number of aromatic nitrogens is 6. The first kappa shape index (κ1) is 43.7. The second-order valence-corrected chi connectivity index (χ2v) is 25.8. The van der Waals surface area contributed by atoms with Crippen molar-refractivity contribution in [2.75, 3.05) is 68.8 Å². The van der Waals surface area contributed by atoms with E-state index in [0.29, 0.717) is 41.9 Å². The molecule has 0 unspecified atom stereocenters.